The summed E-state index contributed by atoms with van der Waals surface area (Å²) in [6.07, 6.45) is -7.73. The zero-order valence-corrected chi connectivity index (χ0v) is 14.6. The Morgan fingerprint density at radius 3 is 1.77 bits per heavy atom. The molecule has 1 aliphatic heterocycles. The van der Waals surface area contributed by atoms with E-state index in [1.807, 2.05) is 0 Å². The van der Waals surface area contributed by atoms with Crippen LogP contribution in [0.1, 0.15) is 13.8 Å². The number of halogens is 10. The Bertz CT molecular complexity index is 448. The molecule has 130 valence electrons. The molecule has 0 aliphatic carbocycles. The SMILES string of the molecule is CC(C)N1N=CN(C(F)(F)C(F)(F)F)C1C(Cl)(Cl)C(Cl)(Cl)Cl. The van der Waals surface area contributed by atoms with Gasteiger partial charge < -0.3 is 0 Å². The first-order valence-corrected chi connectivity index (χ1v) is 7.44. The van der Waals surface area contributed by atoms with Gasteiger partial charge in [-0.1, -0.05) is 58.0 Å². The van der Waals surface area contributed by atoms with Crippen LogP contribution in [0.4, 0.5) is 22.0 Å². The van der Waals surface area contributed by atoms with Crippen molar-refractivity contribution >= 4 is 64.3 Å². The second kappa shape index (κ2) is 6.02. The minimum Gasteiger partial charge on any atom is -0.269 e. The lowest BCUT2D eigenvalue weighted by Crippen LogP contribution is -2.65. The number of rotatable bonds is 3. The predicted octanol–water partition coefficient (Wildman–Crippen LogP) is 4.98. The highest BCUT2D eigenvalue weighted by molar-refractivity contribution is 6.75. The standard InChI is InChI=1S/C9H9Cl5F5N3/c1-4(2)22-5(6(10,11)7(12,13)14)21(3-20-22)9(18,19)8(15,16)17/h3-5H,1-2H3. The molecule has 0 aromatic heterocycles. The van der Waals surface area contributed by atoms with Crippen molar-refractivity contribution in [3.8, 4) is 0 Å². The molecular weight excluding hydrogens is 422 g/mol. The van der Waals surface area contributed by atoms with Crippen molar-refractivity contribution in [2.24, 2.45) is 5.10 Å². The van der Waals surface area contributed by atoms with Crippen molar-refractivity contribution in [3.05, 3.63) is 0 Å². The van der Waals surface area contributed by atoms with Crippen LogP contribution in [0.2, 0.25) is 0 Å². The molecular formula is C9H9Cl5F5N3. The molecule has 1 heterocycles. The van der Waals surface area contributed by atoms with Gasteiger partial charge in [0.15, 0.2) is 6.17 Å². The third-order valence-electron chi connectivity index (χ3n) is 2.72. The van der Waals surface area contributed by atoms with Gasteiger partial charge in [-0.3, -0.25) is 9.91 Å². The van der Waals surface area contributed by atoms with Gasteiger partial charge in [0, 0.05) is 6.04 Å². The van der Waals surface area contributed by atoms with E-state index >= 15 is 0 Å². The number of hydrogen-bond donors (Lipinski definition) is 0. The van der Waals surface area contributed by atoms with Gasteiger partial charge in [0.25, 0.3) is 0 Å². The van der Waals surface area contributed by atoms with Gasteiger partial charge in [-0.05, 0) is 13.8 Å². The van der Waals surface area contributed by atoms with Gasteiger partial charge in [-0.25, -0.2) is 0 Å². The first-order valence-electron chi connectivity index (χ1n) is 5.55. The summed E-state index contributed by atoms with van der Waals surface area (Å²) in [6, 6.07) is -5.98. The molecule has 1 atom stereocenters. The molecule has 1 aliphatic rings. The average molecular weight is 431 g/mol. The van der Waals surface area contributed by atoms with E-state index in [0.717, 1.165) is 5.01 Å². The largest absolute Gasteiger partial charge is 0.475 e. The number of alkyl halides is 10. The van der Waals surface area contributed by atoms with Gasteiger partial charge >= 0.3 is 12.2 Å². The summed E-state index contributed by atoms with van der Waals surface area (Å²) >= 11 is 28.2. The molecule has 1 unspecified atom stereocenters. The van der Waals surface area contributed by atoms with Gasteiger partial charge in [0.1, 0.15) is 6.34 Å². The predicted molar refractivity (Wildman–Crippen MR) is 76.8 cm³/mol. The molecule has 22 heavy (non-hydrogen) atoms. The summed E-state index contributed by atoms with van der Waals surface area (Å²) in [4.78, 5) is -0.477. The van der Waals surface area contributed by atoms with E-state index in [4.69, 9.17) is 58.0 Å². The quantitative estimate of drug-likeness (QED) is 0.357. The minimum absolute atomic E-state index is 0.258. The van der Waals surface area contributed by atoms with Crippen LogP contribution in [0.15, 0.2) is 5.10 Å². The molecule has 3 nitrogen and oxygen atoms in total. The Morgan fingerprint density at radius 1 is 1.00 bits per heavy atom. The van der Waals surface area contributed by atoms with Crippen LogP contribution in [0.25, 0.3) is 0 Å². The maximum Gasteiger partial charge on any atom is 0.475 e. The summed E-state index contributed by atoms with van der Waals surface area (Å²) in [6.45, 7) is 2.92. The minimum atomic E-state index is -5.91. The summed E-state index contributed by atoms with van der Waals surface area (Å²) < 4.78 is 60.0. The van der Waals surface area contributed by atoms with Crippen LogP contribution in [0, 0.1) is 0 Å². The Hall–Kier alpha value is 0.370. The van der Waals surface area contributed by atoms with Crippen LogP contribution < -0.4 is 0 Å². The number of nitrogens with zero attached hydrogens (tertiary/aromatic N) is 3. The second-order valence-corrected chi connectivity index (χ2v) is 8.31. The maximum atomic E-state index is 13.7. The van der Waals surface area contributed by atoms with E-state index in [1.165, 1.54) is 13.8 Å². The first-order chi connectivity index (χ1) is 9.55. The highest BCUT2D eigenvalue weighted by Gasteiger charge is 2.69. The summed E-state index contributed by atoms with van der Waals surface area (Å²) in [5.74, 6) is 0. The van der Waals surface area contributed by atoms with Crippen LogP contribution in [0.3, 0.4) is 0 Å². The smallest absolute Gasteiger partial charge is 0.269 e. The molecule has 1 rings (SSSR count). The fourth-order valence-corrected chi connectivity index (χ4v) is 2.35. The highest BCUT2D eigenvalue weighted by Crippen LogP contribution is 2.53. The van der Waals surface area contributed by atoms with Crippen LogP contribution >= 0.6 is 58.0 Å². The summed E-state index contributed by atoms with van der Waals surface area (Å²) in [7, 11) is 0. The van der Waals surface area contributed by atoms with Crippen molar-refractivity contribution < 1.29 is 22.0 Å². The van der Waals surface area contributed by atoms with Crippen molar-refractivity contribution in [2.75, 3.05) is 0 Å². The van der Waals surface area contributed by atoms with E-state index in [2.05, 4.69) is 5.10 Å². The van der Waals surface area contributed by atoms with E-state index in [9.17, 15) is 22.0 Å². The molecule has 0 amide bonds. The van der Waals surface area contributed by atoms with E-state index in [0.29, 0.717) is 0 Å². The lowest BCUT2D eigenvalue weighted by Gasteiger charge is -2.44. The molecule has 0 radical (unpaired) electrons. The number of hydrazone groups is 1. The number of hydrogen-bond acceptors (Lipinski definition) is 3. The third kappa shape index (κ3) is 3.41. The average Bonchev–Trinajstić information content (AvgIpc) is 2.70. The molecule has 13 heteroatoms. The lowest BCUT2D eigenvalue weighted by atomic mass is 10.2. The van der Waals surface area contributed by atoms with Crippen molar-refractivity contribution in [2.45, 2.75) is 46.4 Å². The first kappa shape index (κ1) is 20.4. The zero-order chi connectivity index (χ0) is 17.7. The maximum absolute atomic E-state index is 13.7. The van der Waals surface area contributed by atoms with Crippen molar-refractivity contribution in [1.29, 1.82) is 0 Å². The van der Waals surface area contributed by atoms with E-state index < -0.39 is 37.5 Å². The van der Waals surface area contributed by atoms with E-state index in [-0.39, 0.29) is 6.34 Å². The Balaban J connectivity index is 3.38. The molecule has 0 aromatic rings. The van der Waals surface area contributed by atoms with Crippen molar-refractivity contribution in [3.63, 3.8) is 0 Å². The topological polar surface area (TPSA) is 18.8 Å². The summed E-state index contributed by atoms with van der Waals surface area (Å²) in [5, 5.41) is 4.26. The Kier molecular flexibility index (Phi) is 5.59. The molecule has 0 aromatic carbocycles. The Morgan fingerprint density at radius 2 is 1.45 bits per heavy atom. The molecule has 0 spiro atoms. The normalized spacial score (nSPS) is 21.2. The molecule has 0 fully saturated rings. The van der Waals surface area contributed by atoms with Gasteiger partial charge in [-0.2, -0.15) is 27.1 Å². The second-order valence-electron chi connectivity index (χ2n) is 4.65. The van der Waals surface area contributed by atoms with E-state index in [1.54, 1.807) is 0 Å². The van der Waals surface area contributed by atoms with Crippen LogP contribution in [-0.4, -0.2) is 48.8 Å². The summed E-state index contributed by atoms with van der Waals surface area (Å²) in [5.41, 5.74) is 0. The molecule has 0 N–H and O–H groups in total. The van der Waals surface area contributed by atoms with Crippen LogP contribution in [0.5, 0.6) is 0 Å². The zero-order valence-electron chi connectivity index (χ0n) is 10.9. The molecule has 0 bridgehead atoms. The van der Waals surface area contributed by atoms with Crippen LogP contribution in [-0.2, 0) is 0 Å². The third-order valence-corrected chi connectivity index (χ3v) is 5.15. The van der Waals surface area contributed by atoms with Gasteiger partial charge in [-0.15, -0.1) is 0 Å². The van der Waals surface area contributed by atoms with Crippen molar-refractivity contribution in [1.82, 2.24) is 9.91 Å². The fraction of sp³-hybridized carbons (Fsp3) is 0.889. The highest BCUT2D eigenvalue weighted by atomic mass is 35.6. The monoisotopic (exact) mass is 429 g/mol. The fourth-order valence-electron chi connectivity index (χ4n) is 1.64. The molecule has 0 saturated heterocycles. The Labute approximate surface area is 147 Å². The van der Waals surface area contributed by atoms with Gasteiger partial charge in [0.2, 0.25) is 8.13 Å². The lowest BCUT2D eigenvalue weighted by molar-refractivity contribution is -0.334. The van der Waals surface area contributed by atoms with Gasteiger partial charge in [0.05, 0.1) is 0 Å². The molecule has 0 saturated carbocycles.